The summed E-state index contributed by atoms with van der Waals surface area (Å²) in [6, 6.07) is 12.1. The van der Waals surface area contributed by atoms with E-state index in [4.69, 9.17) is 0 Å². The number of aromatic nitrogens is 3. The number of para-hydroxylation sites is 1. The monoisotopic (exact) mass is 268 g/mol. The summed E-state index contributed by atoms with van der Waals surface area (Å²) >= 11 is 0. The minimum Gasteiger partial charge on any atom is -0.256 e. The van der Waals surface area contributed by atoms with Gasteiger partial charge in [0.05, 0.1) is 19.1 Å². The van der Waals surface area contributed by atoms with E-state index in [1.807, 2.05) is 30.5 Å². The van der Waals surface area contributed by atoms with Crippen LogP contribution in [-0.4, -0.2) is 9.55 Å². The molecule has 3 rings (SSSR count). The van der Waals surface area contributed by atoms with E-state index in [1.54, 1.807) is 0 Å². The molecule has 0 aliphatic rings. The van der Waals surface area contributed by atoms with Crippen molar-refractivity contribution in [1.82, 2.24) is 9.55 Å². The van der Waals surface area contributed by atoms with Crippen LogP contribution >= 0.6 is 0 Å². The van der Waals surface area contributed by atoms with Gasteiger partial charge < -0.3 is 0 Å². The highest BCUT2D eigenvalue weighted by Gasteiger charge is 2.10. The van der Waals surface area contributed by atoms with Gasteiger partial charge in [-0.3, -0.25) is 4.98 Å². The highest BCUT2D eigenvalue weighted by molar-refractivity contribution is 5.77. The van der Waals surface area contributed by atoms with Crippen LogP contribution in [0.1, 0.15) is 18.4 Å². The lowest BCUT2D eigenvalue weighted by molar-refractivity contribution is -0.704. The van der Waals surface area contributed by atoms with Crippen molar-refractivity contribution < 1.29 is 4.57 Å². The molecule has 2 aromatic heterocycles. The second-order valence-corrected chi connectivity index (χ2v) is 4.87. The number of nitrogens with zero attached hydrogens (tertiary/aromatic N) is 3. The first-order valence-electron chi connectivity index (χ1n) is 6.95. The molecule has 0 N–H and O–H groups in total. The zero-order valence-electron chi connectivity index (χ0n) is 12.7. The van der Waals surface area contributed by atoms with Gasteiger partial charge in [0, 0.05) is 25.4 Å². The van der Waals surface area contributed by atoms with E-state index in [0.29, 0.717) is 0 Å². The van der Waals surface area contributed by atoms with Crippen molar-refractivity contribution in [1.29, 1.82) is 0 Å². The molecule has 0 fully saturated rings. The predicted molar refractivity (Wildman–Crippen MR) is 82.5 cm³/mol. The van der Waals surface area contributed by atoms with Crippen molar-refractivity contribution in [2.75, 3.05) is 0 Å². The van der Waals surface area contributed by atoms with Gasteiger partial charge in [-0.1, -0.05) is 24.3 Å². The first kappa shape index (κ1) is 14.3. The minimum absolute atomic E-state index is 1.06. The Labute approximate surface area is 120 Å². The third-order valence-electron chi connectivity index (χ3n) is 3.54. The lowest BCUT2D eigenvalue weighted by Crippen LogP contribution is -2.36. The molecule has 0 spiro atoms. The molecule has 0 unspecified atom stereocenters. The summed E-state index contributed by atoms with van der Waals surface area (Å²) in [7, 11) is 2.08. The summed E-state index contributed by atoms with van der Waals surface area (Å²) in [5.41, 5.74) is 2.40. The summed E-state index contributed by atoms with van der Waals surface area (Å²) < 4.78 is 4.44. The second kappa shape index (κ2) is 6.33. The molecule has 104 valence electrons. The molecule has 0 bridgehead atoms. The van der Waals surface area contributed by atoms with E-state index < -0.39 is 0 Å². The smallest absolute Gasteiger partial charge is 0.253 e. The van der Waals surface area contributed by atoms with Gasteiger partial charge in [-0.05, 0) is 19.1 Å². The number of imidazole rings is 1. The number of benzene rings is 1. The Morgan fingerprint density at radius 3 is 2.35 bits per heavy atom. The van der Waals surface area contributed by atoms with Crippen molar-refractivity contribution in [2.24, 2.45) is 7.05 Å². The topological polar surface area (TPSA) is 21.7 Å². The summed E-state index contributed by atoms with van der Waals surface area (Å²) in [6.45, 7) is 7.51. The average molecular weight is 268 g/mol. The van der Waals surface area contributed by atoms with E-state index in [0.717, 1.165) is 12.1 Å². The first-order chi connectivity index (χ1) is 9.63. The molecule has 2 heterocycles. The van der Waals surface area contributed by atoms with Gasteiger partial charge in [0.25, 0.3) is 5.82 Å². The van der Waals surface area contributed by atoms with Crippen molar-refractivity contribution in [2.45, 2.75) is 27.3 Å². The molecule has 3 nitrogen and oxygen atoms in total. The SMILES string of the molecule is CC[n+]1c(C)cn(C)c1C.c1ccc2ncccc2c1. The number of rotatable bonds is 1. The molecule has 0 radical (unpaired) electrons. The third kappa shape index (κ3) is 3.05. The maximum absolute atomic E-state index is 4.18. The van der Waals surface area contributed by atoms with Crippen molar-refractivity contribution in [3.8, 4) is 0 Å². The standard InChI is InChI=1S/C9H7N.C8H15N2/c1-2-6-9-8(4-1)5-3-7-10-9;1-5-10-7(2)6-9(4)8(10)3/h1-7H;6H,5H2,1-4H3/q;+1. The van der Waals surface area contributed by atoms with Crippen LogP contribution in [0.25, 0.3) is 10.9 Å². The zero-order valence-corrected chi connectivity index (χ0v) is 12.7. The fraction of sp³-hybridized carbons (Fsp3) is 0.294. The van der Waals surface area contributed by atoms with Crippen LogP contribution in [0, 0.1) is 13.8 Å². The molecule has 3 aromatic rings. The van der Waals surface area contributed by atoms with Gasteiger partial charge in [-0.2, -0.15) is 0 Å². The number of pyridine rings is 1. The van der Waals surface area contributed by atoms with Crippen molar-refractivity contribution >= 4 is 10.9 Å². The molecule has 0 saturated heterocycles. The number of fused-ring (bicyclic) bond motifs is 1. The Bertz CT molecular complexity index is 633. The second-order valence-electron chi connectivity index (χ2n) is 4.87. The highest BCUT2D eigenvalue weighted by atomic mass is 15.1. The van der Waals surface area contributed by atoms with Gasteiger partial charge in [0.2, 0.25) is 0 Å². The Morgan fingerprint density at radius 2 is 1.80 bits per heavy atom. The largest absolute Gasteiger partial charge is 0.256 e. The summed E-state index contributed by atoms with van der Waals surface area (Å²) in [5, 5.41) is 1.20. The van der Waals surface area contributed by atoms with Gasteiger partial charge >= 0.3 is 0 Å². The van der Waals surface area contributed by atoms with Gasteiger partial charge in [-0.15, -0.1) is 0 Å². The Hall–Kier alpha value is -2.16. The number of hydrogen-bond donors (Lipinski definition) is 0. The van der Waals surface area contributed by atoms with Crippen LogP contribution in [0.5, 0.6) is 0 Å². The van der Waals surface area contributed by atoms with E-state index >= 15 is 0 Å². The van der Waals surface area contributed by atoms with E-state index in [-0.39, 0.29) is 0 Å². The Balaban J connectivity index is 0.000000147. The maximum atomic E-state index is 4.18. The Morgan fingerprint density at radius 1 is 1.10 bits per heavy atom. The fourth-order valence-electron chi connectivity index (χ4n) is 2.38. The summed E-state index contributed by atoms with van der Waals surface area (Å²) in [4.78, 5) is 4.18. The summed E-state index contributed by atoms with van der Waals surface area (Å²) in [5.74, 6) is 1.32. The van der Waals surface area contributed by atoms with E-state index in [9.17, 15) is 0 Å². The lowest BCUT2D eigenvalue weighted by atomic mass is 10.2. The Kier molecular flexibility index (Phi) is 4.51. The average Bonchev–Trinajstić information content (AvgIpc) is 2.72. The number of aryl methyl sites for hydroxylation is 2. The zero-order chi connectivity index (χ0) is 14.5. The number of hydrogen-bond acceptors (Lipinski definition) is 1. The van der Waals surface area contributed by atoms with E-state index in [2.05, 4.69) is 60.3 Å². The van der Waals surface area contributed by atoms with Gasteiger partial charge in [0.1, 0.15) is 11.9 Å². The van der Waals surface area contributed by atoms with Crippen LogP contribution in [0.3, 0.4) is 0 Å². The van der Waals surface area contributed by atoms with Crippen LogP contribution in [-0.2, 0) is 13.6 Å². The maximum Gasteiger partial charge on any atom is 0.253 e. The van der Waals surface area contributed by atoms with Crippen molar-refractivity contribution in [3.05, 3.63) is 60.3 Å². The molecular weight excluding hydrogens is 246 g/mol. The molecule has 3 heteroatoms. The molecular formula is C17H22N3+. The highest BCUT2D eigenvalue weighted by Crippen LogP contribution is 2.07. The molecule has 0 amide bonds. The molecule has 20 heavy (non-hydrogen) atoms. The molecule has 1 aromatic carbocycles. The van der Waals surface area contributed by atoms with Crippen molar-refractivity contribution in [3.63, 3.8) is 0 Å². The first-order valence-corrected chi connectivity index (χ1v) is 6.95. The minimum atomic E-state index is 1.06. The fourth-order valence-corrected chi connectivity index (χ4v) is 2.38. The predicted octanol–water partition coefficient (Wildman–Crippen LogP) is 3.18. The summed E-state index contributed by atoms with van der Waals surface area (Å²) in [6.07, 6.45) is 3.96. The van der Waals surface area contributed by atoms with Gasteiger partial charge in [0.15, 0.2) is 0 Å². The normalized spacial score (nSPS) is 10.2. The van der Waals surface area contributed by atoms with Crippen LogP contribution in [0.4, 0.5) is 0 Å². The van der Waals surface area contributed by atoms with Crippen LogP contribution < -0.4 is 4.57 Å². The lowest BCUT2D eigenvalue weighted by Gasteiger charge is -1.93. The molecule has 0 saturated carbocycles. The molecule has 0 aliphatic carbocycles. The van der Waals surface area contributed by atoms with Crippen LogP contribution in [0.2, 0.25) is 0 Å². The van der Waals surface area contributed by atoms with Gasteiger partial charge in [-0.25, -0.2) is 9.13 Å². The quantitative estimate of drug-likeness (QED) is 0.621. The third-order valence-corrected chi connectivity index (χ3v) is 3.54. The molecule has 0 aliphatic heterocycles. The molecule has 0 atom stereocenters. The van der Waals surface area contributed by atoms with Crippen LogP contribution in [0.15, 0.2) is 48.8 Å². The van der Waals surface area contributed by atoms with E-state index in [1.165, 1.54) is 16.9 Å².